The van der Waals surface area contributed by atoms with E-state index >= 15 is 0 Å². The number of benzene rings is 1. The van der Waals surface area contributed by atoms with E-state index in [1.807, 2.05) is 0 Å². The first kappa shape index (κ1) is 28.5. The van der Waals surface area contributed by atoms with Gasteiger partial charge in [-0.15, -0.1) is 0 Å². The van der Waals surface area contributed by atoms with Crippen LogP contribution in [0.3, 0.4) is 0 Å². The zero-order chi connectivity index (χ0) is 26.8. The molecule has 1 aromatic carbocycles. The van der Waals surface area contributed by atoms with Crippen LogP contribution >= 0.6 is 0 Å². The quantitative estimate of drug-likeness (QED) is 0.427. The van der Waals surface area contributed by atoms with E-state index in [1.54, 1.807) is 41.5 Å². The summed E-state index contributed by atoms with van der Waals surface area (Å²) < 4.78 is 75.1. The van der Waals surface area contributed by atoms with Gasteiger partial charge in [0.25, 0.3) is 0 Å². The van der Waals surface area contributed by atoms with Crippen molar-refractivity contribution in [2.24, 2.45) is 0 Å². The number of alkyl halides is 3. The van der Waals surface area contributed by atoms with Gasteiger partial charge in [-0.25, -0.2) is 9.59 Å². The van der Waals surface area contributed by atoms with E-state index in [0.717, 1.165) is 12.1 Å². The third-order valence-corrected chi connectivity index (χ3v) is 5.63. The summed E-state index contributed by atoms with van der Waals surface area (Å²) in [7, 11) is -5.79. The summed E-state index contributed by atoms with van der Waals surface area (Å²) in [6.45, 7) is 10.9. The highest BCUT2D eigenvalue weighted by atomic mass is 32.2. The lowest BCUT2D eigenvalue weighted by atomic mass is 10.0. The van der Waals surface area contributed by atoms with Gasteiger partial charge in [0.1, 0.15) is 17.0 Å². The molecule has 0 saturated carbocycles. The number of halogens is 3. The Morgan fingerprint density at radius 3 is 1.91 bits per heavy atom. The summed E-state index contributed by atoms with van der Waals surface area (Å²) in [4.78, 5) is 28.3. The molecule has 0 unspecified atom stereocenters. The molecular weight excluding hydrogens is 493 g/mol. The van der Waals surface area contributed by atoms with E-state index in [2.05, 4.69) is 4.18 Å². The van der Waals surface area contributed by atoms with Crippen LogP contribution in [0.2, 0.25) is 0 Å². The fourth-order valence-electron chi connectivity index (χ4n) is 3.21. The molecule has 1 atom stereocenters. The molecule has 35 heavy (non-hydrogen) atoms. The van der Waals surface area contributed by atoms with Gasteiger partial charge in [-0.05, 0) is 65.7 Å². The molecule has 1 heterocycles. The lowest BCUT2D eigenvalue weighted by Crippen LogP contribution is -2.58. The molecule has 0 aromatic heterocycles. The topological polar surface area (TPSA) is 102 Å². The zero-order valence-corrected chi connectivity index (χ0v) is 21.3. The van der Waals surface area contributed by atoms with Crippen molar-refractivity contribution in [3.05, 3.63) is 29.8 Å². The number of carbonyl (C=O) groups is 2. The minimum absolute atomic E-state index is 0.134. The number of rotatable bonds is 4. The molecule has 1 aliphatic heterocycles. The Kier molecular flexibility index (Phi) is 8.25. The molecule has 1 aromatic rings. The molecule has 1 fully saturated rings. The smallest absolute Gasteiger partial charge is 0.444 e. The van der Waals surface area contributed by atoms with Crippen molar-refractivity contribution in [2.75, 3.05) is 19.6 Å². The number of ether oxygens (including phenoxy) is 2. The van der Waals surface area contributed by atoms with Gasteiger partial charge in [-0.3, -0.25) is 0 Å². The summed E-state index contributed by atoms with van der Waals surface area (Å²) in [6.07, 6.45) is -0.889. The van der Waals surface area contributed by atoms with Crippen LogP contribution in [0, 0.1) is 0 Å². The Hall–Kier alpha value is -2.70. The third kappa shape index (κ3) is 8.48. The first-order valence-corrected chi connectivity index (χ1v) is 12.3. The van der Waals surface area contributed by atoms with Gasteiger partial charge >= 0.3 is 27.8 Å². The molecule has 0 radical (unpaired) electrons. The minimum Gasteiger partial charge on any atom is -0.444 e. The van der Waals surface area contributed by atoms with Crippen LogP contribution in [0.25, 0.3) is 0 Å². The maximum absolute atomic E-state index is 12.8. The molecule has 9 nitrogen and oxygen atoms in total. The first-order valence-electron chi connectivity index (χ1n) is 10.8. The molecule has 2 amide bonds. The third-order valence-electron chi connectivity index (χ3n) is 4.65. The fourth-order valence-corrected chi connectivity index (χ4v) is 3.67. The average molecular weight is 525 g/mol. The van der Waals surface area contributed by atoms with Gasteiger partial charge in [0, 0.05) is 19.6 Å². The highest BCUT2D eigenvalue weighted by Gasteiger charge is 2.48. The molecule has 0 bridgehead atoms. The van der Waals surface area contributed by atoms with Gasteiger partial charge in [0.2, 0.25) is 0 Å². The predicted molar refractivity (Wildman–Crippen MR) is 120 cm³/mol. The van der Waals surface area contributed by atoms with Crippen molar-refractivity contribution in [1.29, 1.82) is 0 Å². The molecular formula is C22H31F3N2O7S. The maximum Gasteiger partial charge on any atom is 0.534 e. The van der Waals surface area contributed by atoms with Crippen LogP contribution in [0.4, 0.5) is 22.8 Å². The van der Waals surface area contributed by atoms with Crippen LogP contribution in [-0.4, -0.2) is 72.8 Å². The molecule has 2 rings (SSSR count). The van der Waals surface area contributed by atoms with Crippen molar-refractivity contribution in [2.45, 2.75) is 70.7 Å². The van der Waals surface area contributed by atoms with Crippen molar-refractivity contribution >= 4 is 22.3 Å². The van der Waals surface area contributed by atoms with Crippen LogP contribution in [0.15, 0.2) is 24.3 Å². The monoisotopic (exact) mass is 524 g/mol. The van der Waals surface area contributed by atoms with Crippen LogP contribution in [0.5, 0.6) is 5.75 Å². The number of hydrogen-bond acceptors (Lipinski definition) is 7. The standard InChI is InChI=1S/C22H31F3N2O7S/c1-20(2,3)32-18(28)26-11-12-27(19(29)33-21(4,5)6)16(14-26)13-15-7-9-17(10-8-15)34-35(30,31)22(23,24)25/h7-10,16H,11-14H2,1-6H3/t16-/m1/s1. The fraction of sp³-hybridized carbons (Fsp3) is 0.636. The van der Waals surface area contributed by atoms with E-state index in [1.165, 1.54) is 21.9 Å². The number of piperazine rings is 1. The van der Waals surface area contributed by atoms with Crippen LogP contribution in [-0.2, 0) is 26.0 Å². The van der Waals surface area contributed by atoms with Gasteiger partial charge in [-0.2, -0.15) is 21.6 Å². The van der Waals surface area contributed by atoms with Gasteiger partial charge in [0.15, 0.2) is 0 Å². The number of hydrogen-bond donors (Lipinski definition) is 0. The highest BCUT2D eigenvalue weighted by molar-refractivity contribution is 7.88. The lowest BCUT2D eigenvalue weighted by molar-refractivity contribution is -0.0500. The maximum atomic E-state index is 12.8. The second kappa shape index (κ2) is 10.1. The highest BCUT2D eigenvalue weighted by Crippen LogP contribution is 2.28. The van der Waals surface area contributed by atoms with E-state index in [4.69, 9.17) is 9.47 Å². The van der Waals surface area contributed by atoms with Crippen molar-refractivity contribution in [3.8, 4) is 5.75 Å². The summed E-state index contributed by atoms with van der Waals surface area (Å²) in [5, 5.41) is 0. The minimum atomic E-state index is -5.79. The molecule has 0 N–H and O–H groups in total. The summed E-state index contributed by atoms with van der Waals surface area (Å²) >= 11 is 0. The SMILES string of the molecule is CC(C)(C)OC(=O)N1CCN(C(=O)OC(C)(C)C)[C@H](Cc2ccc(OS(=O)(=O)C(F)(F)F)cc2)C1. The van der Waals surface area contributed by atoms with Crippen molar-refractivity contribution in [3.63, 3.8) is 0 Å². The van der Waals surface area contributed by atoms with Gasteiger partial charge < -0.3 is 23.5 Å². The van der Waals surface area contributed by atoms with Crippen molar-refractivity contribution < 1.29 is 44.8 Å². The Morgan fingerprint density at radius 1 is 0.914 bits per heavy atom. The number of nitrogens with zero attached hydrogens (tertiary/aromatic N) is 2. The Balaban J connectivity index is 2.21. The first-order chi connectivity index (χ1) is 15.8. The Labute approximate surface area is 203 Å². The number of carbonyl (C=O) groups excluding carboxylic acids is 2. The van der Waals surface area contributed by atoms with Crippen LogP contribution in [0.1, 0.15) is 47.1 Å². The molecule has 198 valence electrons. The number of amides is 2. The Bertz CT molecular complexity index is 1010. The second-order valence-corrected chi connectivity index (χ2v) is 11.6. The van der Waals surface area contributed by atoms with Crippen molar-refractivity contribution in [1.82, 2.24) is 9.80 Å². The van der Waals surface area contributed by atoms with Gasteiger partial charge in [0.05, 0.1) is 6.04 Å². The molecule has 1 saturated heterocycles. The molecule has 0 spiro atoms. The second-order valence-electron chi connectivity index (χ2n) is 10.1. The molecule has 0 aliphatic carbocycles. The molecule has 1 aliphatic rings. The lowest BCUT2D eigenvalue weighted by Gasteiger charge is -2.42. The summed E-state index contributed by atoms with van der Waals surface area (Å²) in [6, 6.07) is 4.43. The normalized spacial score (nSPS) is 17.7. The molecule has 13 heteroatoms. The average Bonchev–Trinajstić information content (AvgIpc) is 2.65. The van der Waals surface area contributed by atoms with E-state index in [9.17, 15) is 31.2 Å². The Morgan fingerprint density at radius 2 is 1.43 bits per heavy atom. The predicted octanol–water partition coefficient (Wildman–Crippen LogP) is 4.31. The largest absolute Gasteiger partial charge is 0.534 e. The van der Waals surface area contributed by atoms with E-state index in [-0.39, 0.29) is 26.1 Å². The van der Waals surface area contributed by atoms with E-state index in [0.29, 0.717) is 5.56 Å². The van der Waals surface area contributed by atoms with E-state index < -0.39 is 50.8 Å². The van der Waals surface area contributed by atoms with Gasteiger partial charge in [-0.1, -0.05) is 12.1 Å². The zero-order valence-electron chi connectivity index (χ0n) is 20.5. The van der Waals surface area contributed by atoms with Crippen LogP contribution < -0.4 is 4.18 Å². The summed E-state index contributed by atoms with van der Waals surface area (Å²) in [5.41, 5.74) is -6.42. The summed E-state index contributed by atoms with van der Waals surface area (Å²) in [5.74, 6) is -0.505.